The average molecular weight is 330 g/mol. The van der Waals surface area contributed by atoms with Crippen molar-refractivity contribution in [2.45, 2.75) is 38.4 Å². The summed E-state index contributed by atoms with van der Waals surface area (Å²) in [4.78, 5) is 21.9. The molecule has 2 N–H and O–H groups in total. The molecule has 0 aliphatic heterocycles. The number of H-pyrrole nitrogens is 1. The highest BCUT2D eigenvalue weighted by molar-refractivity contribution is 7.10. The van der Waals surface area contributed by atoms with E-state index in [2.05, 4.69) is 20.3 Å². The number of carbonyl (C=O) groups excluding carboxylic acids is 1. The van der Waals surface area contributed by atoms with Crippen molar-refractivity contribution in [2.75, 3.05) is 0 Å². The number of halogens is 3. The van der Waals surface area contributed by atoms with Gasteiger partial charge < -0.3 is 10.3 Å². The molecule has 2 aromatic heterocycles. The van der Waals surface area contributed by atoms with Crippen molar-refractivity contribution < 1.29 is 18.0 Å². The molecule has 0 spiro atoms. The zero-order chi connectivity index (χ0) is 15.7. The summed E-state index contributed by atoms with van der Waals surface area (Å²) in [7, 11) is 0. The van der Waals surface area contributed by atoms with E-state index in [-0.39, 0.29) is 6.54 Å². The molecule has 0 bridgehead atoms. The van der Waals surface area contributed by atoms with Crippen molar-refractivity contribution in [1.29, 1.82) is 0 Å². The lowest BCUT2D eigenvalue weighted by molar-refractivity contribution is -0.134. The molecule has 0 aromatic carbocycles. The Morgan fingerprint density at radius 3 is 2.86 bits per heavy atom. The van der Waals surface area contributed by atoms with Crippen LogP contribution in [-0.4, -0.2) is 20.9 Å². The number of amides is 1. The Balaban J connectivity index is 1.68. The quantitative estimate of drug-likeness (QED) is 0.909. The van der Waals surface area contributed by atoms with Crippen LogP contribution in [-0.2, 0) is 25.6 Å². The van der Waals surface area contributed by atoms with Gasteiger partial charge in [-0.3, -0.25) is 4.79 Å². The maximum atomic E-state index is 12.7. The Hall–Kier alpha value is -1.90. The third-order valence-electron chi connectivity index (χ3n) is 3.46. The van der Waals surface area contributed by atoms with Crippen molar-refractivity contribution in [2.24, 2.45) is 0 Å². The third-order valence-corrected chi connectivity index (χ3v) is 4.33. The molecule has 1 aliphatic rings. The second kappa shape index (κ2) is 5.71. The van der Waals surface area contributed by atoms with E-state index in [0.29, 0.717) is 17.2 Å². The maximum absolute atomic E-state index is 12.7. The molecule has 1 aliphatic carbocycles. The fraction of sp³-hybridized carbons (Fsp3) is 0.462. The second-order valence-corrected chi connectivity index (χ2v) is 5.88. The summed E-state index contributed by atoms with van der Waals surface area (Å²) in [6.45, 7) is 0.0562. The molecule has 0 saturated heterocycles. The number of hydrogen-bond donors (Lipinski definition) is 2. The standard InChI is InChI=1S/C13H13F3N4OS/c14-13(15,16)11-10(18-6-22-11)12(21)17-5-9-19-7-3-1-2-4-8(7)20-9/h6H,1-5H2,(H,17,21)(H,19,20). The first kappa shape index (κ1) is 15.0. The third kappa shape index (κ3) is 2.99. The topological polar surface area (TPSA) is 70.7 Å². The van der Waals surface area contributed by atoms with Crippen LogP contribution in [0.4, 0.5) is 13.2 Å². The van der Waals surface area contributed by atoms with Crippen LogP contribution in [0.5, 0.6) is 0 Å². The number of imidazole rings is 1. The Bertz CT molecular complexity index is 668. The molecule has 5 nitrogen and oxygen atoms in total. The van der Waals surface area contributed by atoms with E-state index in [1.807, 2.05) is 0 Å². The normalized spacial score (nSPS) is 14.7. The van der Waals surface area contributed by atoms with Gasteiger partial charge in [-0.2, -0.15) is 13.2 Å². The first-order valence-corrected chi connectivity index (χ1v) is 7.68. The number of nitrogens with one attached hydrogen (secondary N) is 2. The number of aryl methyl sites for hydroxylation is 2. The van der Waals surface area contributed by atoms with E-state index in [4.69, 9.17) is 0 Å². The van der Waals surface area contributed by atoms with Gasteiger partial charge >= 0.3 is 6.18 Å². The van der Waals surface area contributed by atoms with E-state index in [9.17, 15) is 18.0 Å². The SMILES string of the molecule is O=C(NCc1nc2c([nH]1)CCCC2)c1ncsc1C(F)(F)F. The smallest absolute Gasteiger partial charge is 0.344 e. The molecule has 0 unspecified atom stereocenters. The lowest BCUT2D eigenvalue weighted by Crippen LogP contribution is -2.26. The first-order valence-electron chi connectivity index (χ1n) is 6.80. The maximum Gasteiger partial charge on any atom is 0.427 e. The number of thiazole rings is 1. The van der Waals surface area contributed by atoms with Crippen molar-refractivity contribution >= 4 is 17.2 Å². The van der Waals surface area contributed by atoms with Gasteiger partial charge in [0.1, 0.15) is 10.7 Å². The molecule has 0 radical (unpaired) electrons. The van der Waals surface area contributed by atoms with E-state index in [1.54, 1.807) is 0 Å². The van der Waals surface area contributed by atoms with Gasteiger partial charge in [0.2, 0.25) is 0 Å². The number of rotatable bonds is 3. The van der Waals surface area contributed by atoms with Crippen LogP contribution in [0, 0.1) is 0 Å². The average Bonchev–Trinajstić information content (AvgIpc) is 3.10. The van der Waals surface area contributed by atoms with Crippen molar-refractivity contribution in [3.8, 4) is 0 Å². The number of aromatic amines is 1. The predicted octanol–water partition coefficient (Wildman–Crippen LogP) is 2.69. The van der Waals surface area contributed by atoms with Crippen LogP contribution in [0.25, 0.3) is 0 Å². The van der Waals surface area contributed by atoms with Gasteiger partial charge in [0, 0.05) is 5.69 Å². The van der Waals surface area contributed by atoms with Crippen LogP contribution in [0.2, 0.25) is 0 Å². The number of fused-ring (bicyclic) bond motifs is 1. The minimum Gasteiger partial charge on any atom is -0.344 e. The molecule has 0 fully saturated rings. The highest BCUT2D eigenvalue weighted by atomic mass is 32.1. The van der Waals surface area contributed by atoms with E-state index < -0.39 is 22.7 Å². The van der Waals surface area contributed by atoms with Crippen LogP contribution >= 0.6 is 11.3 Å². The molecule has 0 atom stereocenters. The highest BCUT2D eigenvalue weighted by Gasteiger charge is 2.38. The molecule has 118 valence electrons. The monoisotopic (exact) mass is 330 g/mol. The summed E-state index contributed by atoms with van der Waals surface area (Å²) in [5.41, 5.74) is 2.47. The minimum absolute atomic E-state index is 0.0562. The lowest BCUT2D eigenvalue weighted by Gasteiger charge is -2.07. The van der Waals surface area contributed by atoms with Gasteiger partial charge in [-0.1, -0.05) is 0 Å². The number of nitrogens with zero attached hydrogens (tertiary/aromatic N) is 2. The fourth-order valence-electron chi connectivity index (χ4n) is 2.45. The minimum atomic E-state index is -4.57. The van der Waals surface area contributed by atoms with Crippen molar-refractivity contribution in [3.63, 3.8) is 0 Å². The molecule has 2 aromatic rings. The first-order chi connectivity index (χ1) is 10.4. The predicted molar refractivity (Wildman–Crippen MR) is 73.5 cm³/mol. The lowest BCUT2D eigenvalue weighted by atomic mass is 10.0. The number of alkyl halides is 3. The summed E-state index contributed by atoms with van der Waals surface area (Å²) < 4.78 is 38.2. The van der Waals surface area contributed by atoms with Crippen LogP contribution in [0.15, 0.2) is 5.51 Å². The Morgan fingerprint density at radius 2 is 2.14 bits per heavy atom. The second-order valence-electron chi connectivity index (χ2n) is 5.03. The van der Waals surface area contributed by atoms with Crippen molar-refractivity contribution in [3.05, 3.63) is 33.3 Å². The zero-order valence-electron chi connectivity index (χ0n) is 11.5. The molecular formula is C13H13F3N4OS. The van der Waals surface area contributed by atoms with E-state index in [1.165, 1.54) is 0 Å². The van der Waals surface area contributed by atoms with Crippen LogP contribution in [0.3, 0.4) is 0 Å². The Labute approximate surface area is 128 Å². The number of hydrogen-bond acceptors (Lipinski definition) is 4. The number of carbonyl (C=O) groups is 1. The molecule has 9 heteroatoms. The summed E-state index contributed by atoms with van der Waals surface area (Å²) in [6, 6.07) is 0. The molecule has 2 heterocycles. The van der Waals surface area contributed by atoms with Gasteiger partial charge in [-0.05, 0) is 25.7 Å². The largest absolute Gasteiger partial charge is 0.427 e. The summed E-state index contributed by atoms with van der Waals surface area (Å²) in [5, 5.41) is 2.43. The van der Waals surface area contributed by atoms with Gasteiger partial charge in [-0.15, -0.1) is 11.3 Å². The molecular weight excluding hydrogens is 317 g/mol. The van der Waals surface area contributed by atoms with Crippen molar-refractivity contribution in [1.82, 2.24) is 20.3 Å². The van der Waals surface area contributed by atoms with Gasteiger partial charge in [0.25, 0.3) is 5.91 Å². The number of aromatic nitrogens is 3. The van der Waals surface area contributed by atoms with Gasteiger partial charge in [0.05, 0.1) is 17.7 Å². The fourth-order valence-corrected chi connectivity index (χ4v) is 3.11. The van der Waals surface area contributed by atoms with E-state index >= 15 is 0 Å². The molecule has 0 saturated carbocycles. The summed E-state index contributed by atoms with van der Waals surface area (Å²) in [5.74, 6) is -0.285. The molecule has 1 amide bonds. The highest BCUT2D eigenvalue weighted by Crippen LogP contribution is 2.34. The summed E-state index contributed by atoms with van der Waals surface area (Å²) in [6.07, 6.45) is -0.589. The van der Waals surface area contributed by atoms with Gasteiger partial charge in [0.15, 0.2) is 5.69 Å². The molecule has 3 rings (SSSR count). The zero-order valence-corrected chi connectivity index (χ0v) is 12.3. The Morgan fingerprint density at radius 1 is 1.36 bits per heavy atom. The summed E-state index contributed by atoms with van der Waals surface area (Å²) >= 11 is 0.408. The van der Waals surface area contributed by atoms with Crippen LogP contribution in [0.1, 0.15) is 45.4 Å². The van der Waals surface area contributed by atoms with E-state index in [0.717, 1.165) is 42.6 Å². The van der Waals surface area contributed by atoms with Crippen LogP contribution < -0.4 is 5.32 Å². The molecule has 22 heavy (non-hydrogen) atoms. The Kier molecular flexibility index (Phi) is 3.90. The van der Waals surface area contributed by atoms with Gasteiger partial charge in [-0.25, -0.2) is 9.97 Å².